The maximum atomic E-state index is 14.0. The summed E-state index contributed by atoms with van der Waals surface area (Å²) < 4.78 is 19.1. The standard InChI is InChI=1S/C34H47N5O7/c1-34(2,3)29-31(40)39-19-22(17-26(39)32(41)42)45-30-23(9-7-5-6-8-20-16-27(20)46-33(43)37-29)28(24-18-35-13-10-25(24)36-30)44-21-11-14-38(4)15-12-21/h10,13,18,20-22,26-27,29H,5-9,11-12,14-17,19H2,1-4H3,(H,37,43)(H,41,42)/t20?,22-,26+,27?,29-/m1/s1. The van der Waals surface area contributed by atoms with Crippen LogP contribution >= 0.6 is 0 Å². The number of pyridine rings is 2. The van der Waals surface area contributed by atoms with Crippen LogP contribution in [0.3, 0.4) is 0 Å². The number of carboxylic acid groups (broad SMARTS) is 1. The van der Waals surface area contributed by atoms with Crippen LogP contribution in [0.1, 0.15) is 77.7 Å². The van der Waals surface area contributed by atoms with E-state index in [1.165, 1.54) is 4.90 Å². The van der Waals surface area contributed by atoms with Crippen molar-refractivity contribution in [3.05, 3.63) is 24.0 Å². The number of likely N-dealkylation sites (tertiary alicyclic amines) is 1. The smallest absolute Gasteiger partial charge is 0.408 e. The van der Waals surface area contributed by atoms with Crippen LogP contribution in [-0.4, -0.2) is 99.9 Å². The summed E-state index contributed by atoms with van der Waals surface area (Å²) in [5.74, 6) is -0.128. The molecule has 0 aromatic carbocycles. The molecule has 2 saturated heterocycles. The fourth-order valence-electron chi connectivity index (χ4n) is 6.99. The van der Waals surface area contributed by atoms with E-state index in [9.17, 15) is 19.5 Å². The first-order valence-electron chi connectivity index (χ1n) is 16.8. The van der Waals surface area contributed by atoms with E-state index in [1.54, 1.807) is 12.4 Å². The highest BCUT2D eigenvalue weighted by Gasteiger charge is 2.47. The first kappa shape index (κ1) is 32.3. The van der Waals surface area contributed by atoms with Crippen molar-refractivity contribution in [1.29, 1.82) is 0 Å². The lowest BCUT2D eigenvalue weighted by molar-refractivity contribution is -0.150. The summed E-state index contributed by atoms with van der Waals surface area (Å²) in [4.78, 5) is 52.3. The van der Waals surface area contributed by atoms with Crippen molar-refractivity contribution in [2.75, 3.05) is 26.7 Å². The van der Waals surface area contributed by atoms with Crippen LogP contribution in [0.25, 0.3) is 10.9 Å². The van der Waals surface area contributed by atoms with Gasteiger partial charge in [0.15, 0.2) is 0 Å². The van der Waals surface area contributed by atoms with Gasteiger partial charge in [0.25, 0.3) is 0 Å². The highest BCUT2D eigenvalue weighted by Crippen LogP contribution is 2.41. The monoisotopic (exact) mass is 637 g/mol. The van der Waals surface area contributed by atoms with E-state index < -0.39 is 41.6 Å². The maximum absolute atomic E-state index is 14.0. The van der Waals surface area contributed by atoms with Gasteiger partial charge < -0.3 is 34.4 Å². The molecule has 2 aromatic rings. The molecule has 46 heavy (non-hydrogen) atoms. The van der Waals surface area contributed by atoms with Gasteiger partial charge in [-0.3, -0.25) is 9.78 Å². The van der Waals surface area contributed by atoms with Crippen LogP contribution < -0.4 is 14.8 Å². The van der Waals surface area contributed by atoms with Crippen LogP contribution in [0, 0.1) is 11.3 Å². The summed E-state index contributed by atoms with van der Waals surface area (Å²) in [7, 11) is 2.12. The Hall–Kier alpha value is -3.67. The van der Waals surface area contributed by atoms with Crippen LogP contribution in [0.5, 0.6) is 11.6 Å². The highest BCUT2D eigenvalue weighted by molar-refractivity contribution is 5.90. The Bertz CT molecular complexity index is 1450. The number of alkyl carbamates (subject to hydrolysis) is 1. The third-order valence-corrected chi connectivity index (χ3v) is 9.85. The van der Waals surface area contributed by atoms with Crippen molar-refractivity contribution in [3.63, 3.8) is 0 Å². The number of rotatable bonds is 3. The molecule has 1 aliphatic carbocycles. The summed E-state index contributed by atoms with van der Waals surface area (Å²) >= 11 is 0. The number of carbonyl (C=O) groups is 3. The van der Waals surface area contributed by atoms with E-state index in [0.29, 0.717) is 23.7 Å². The molecule has 2 unspecified atom stereocenters. The predicted octanol–water partition coefficient (Wildman–Crippen LogP) is 4.18. The average Bonchev–Trinajstić information content (AvgIpc) is 3.59. The van der Waals surface area contributed by atoms with E-state index in [1.807, 2.05) is 26.8 Å². The minimum atomic E-state index is -1.12. The molecule has 250 valence electrons. The molecule has 12 heteroatoms. The number of piperidine rings is 1. The third-order valence-electron chi connectivity index (χ3n) is 9.85. The molecule has 12 nitrogen and oxygen atoms in total. The number of nitrogens with one attached hydrogen (secondary N) is 1. The number of ether oxygens (including phenoxy) is 3. The molecule has 5 heterocycles. The molecule has 3 aliphatic heterocycles. The second-order valence-electron chi connectivity index (χ2n) is 14.5. The van der Waals surface area contributed by atoms with Gasteiger partial charge in [0.2, 0.25) is 11.8 Å². The van der Waals surface area contributed by atoms with E-state index in [2.05, 4.69) is 22.2 Å². The summed E-state index contributed by atoms with van der Waals surface area (Å²) in [6.07, 6.45) is 9.31. The number of carboxylic acids is 1. The largest absolute Gasteiger partial charge is 0.489 e. The lowest BCUT2D eigenvalue weighted by Gasteiger charge is -2.34. The topological polar surface area (TPSA) is 143 Å². The number of aliphatic carboxylic acids is 1. The average molecular weight is 638 g/mol. The van der Waals surface area contributed by atoms with Gasteiger partial charge in [0, 0.05) is 31.9 Å². The highest BCUT2D eigenvalue weighted by atomic mass is 16.6. The Labute approximate surface area is 270 Å². The van der Waals surface area contributed by atoms with E-state index in [-0.39, 0.29) is 25.2 Å². The van der Waals surface area contributed by atoms with E-state index in [0.717, 1.165) is 74.7 Å². The van der Waals surface area contributed by atoms with Crippen LogP contribution in [0.2, 0.25) is 0 Å². The van der Waals surface area contributed by atoms with Crippen LogP contribution in [0.4, 0.5) is 4.79 Å². The zero-order chi connectivity index (χ0) is 32.6. The van der Waals surface area contributed by atoms with Crippen LogP contribution in [0.15, 0.2) is 18.5 Å². The second kappa shape index (κ2) is 13.2. The van der Waals surface area contributed by atoms with Crippen molar-refractivity contribution in [1.82, 2.24) is 25.1 Å². The molecule has 4 aliphatic rings. The Morgan fingerprint density at radius 3 is 2.61 bits per heavy atom. The molecule has 2 N–H and O–H groups in total. The molecule has 5 atom stereocenters. The number of hydrogen-bond donors (Lipinski definition) is 2. The molecule has 6 rings (SSSR count). The summed E-state index contributed by atoms with van der Waals surface area (Å²) in [5.41, 5.74) is 0.864. The summed E-state index contributed by atoms with van der Waals surface area (Å²) in [6.45, 7) is 7.48. The minimum absolute atomic E-state index is 0.0461. The van der Waals surface area contributed by atoms with Gasteiger partial charge >= 0.3 is 12.1 Å². The van der Waals surface area contributed by atoms with Gasteiger partial charge in [-0.05, 0) is 63.0 Å². The number of carbonyl (C=O) groups excluding carboxylic acids is 2. The maximum Gasteiger partial charge on any atom is 0.408 e. The Morgan fingerprint density at radius 1 is 1.09 bits per heavy atom. The van der Waals surface area contributed by atoms with Crippen LogP contribution in [-0.2, 0) is 20.7 Å². The number of nitrogens with zero attached hydrogens (tertiary/aromatic N) is 4. The normalized spacial score (nSPS) is 28.6. The first-order chi connectivity index (χ1) is 22.0. The lowest BCUT2D eigenvalue weighted by Crippen LogP contribution is -2.57. The van der Waals surface area contributed by atoms with Gasteiger partial charge in [-0.25, -0.2) is 14.6 Å². The predicted molar refractivity (Wildman–Crippen MR) is 170 cm³/mol. The number of amides is 2. The molecule has 2 bridgehead atoms. The minimum Gasteiger partial charge on any atom is -0.489 e. The lowest BCUT2D eigenvalue weighted by atomic mass is 9.85. The Kier molecular flexibility index (Phi) is 9.27. The van der Waals surface area contributed by atoms with Gasteiger partial charge in [-0.1, -0.05) is 33.6 Å². The Balaban J connectivity index is 1.36. The fourth-order valence-corrected chi connectivity index (χ4v) is 6.99. The quantitative estimate of drug-likeness (QED) is 0.503. The van der Waals surface area contributed by atoms with Gasteiger partial charge in [0.1, 0.15) is 36.1 Å². The zero-order valence-corrected chi connectivity index (χ0v) is 27.4. The Morgan fingerprint density at radius 2 is 1.87 bits per heavy atom. The van der Waals surface area contributed by atoms with Crippen molar-refractivity contribution in [2.45, 2.75) is 109 Å². The molecule has 2 amide bonds. The summed E-state index contributed by atoms with van der Waals surface area (Å²) in [6, 6.07) is -0.257. The van der Waals surface area contributed by atoms with Crippen molar-refractivity contribution < 1.29 is 33.7 Å². The van der Waals surface area contributed by atoms with Gasteiger partial charge in [-0.2, -0.15) is 0 Å². The second-order valence-corrected chi connectivity index (χ2v) is 14.5. The third kappa shape index (κ3) is 7.16. The molecule has 1 saturated carbocycles. The SMILES string of the molecule is CN1CCC(Oc2c3c(nc4ccncc24)O[C@@H]2C[C@@H](C(=O)O)N(C2)C(=O)[C@H](C(C)(C)C)NC(=O)OC2CC2CCCCC3)CC1. The molecule has 3 fully saturated rings. The fraction of sp³-hybridized carbons (Fsp3) is 0.676. The molecular weight excluding hydrogens is 590 g/mol. The molecule has 0 spiro atoms. The summed E-state index contributed by atoms with van der Waals surface area (Å²) in [5, 5.41) is 13.8. The number of fused-ring (bicyclic) bond motifs is 5. The van der Waals surface area contributed by atoms with Gasteiger partial charge in [-0.15, -0.1) is 0 Å². The van der Waals surface area contributed by atoms with E-state index >= 15 is 0 Å². The van der Waals surface area contributed by atoms with Gasteiger partial charge in [0.05, 0.1) is 23.0 Å². The first-order valence-corrected chi connectivity index (χ1v) is 16.8. The number of aromatic nitrogens is 2. The van der Waals surface area contributed by atoms with Crippen molar-refractivity contribution >= 4 is 28.9 Å². The number of hydrogen-bond acceptors (Lipinski definition) is 9. The van der Waals surface area contributed by atoms with Crippen molar-refractivity contribution in [2.24, 2.45) is 11.3 Å². The molecule has 2 aromatic heterocycles. The van der Waals surface area contributed by atoms with Crippen molar-refractivity contribution in [3.8, 4) is 11.6 Å². The molecule has 0 radical (unpaired) electrons. The molecular formula is C34H47N5O7. The van der Waals surface area contributed by atoms with E-state index in [4.69, 9.17) is 19.2 Å². The zero-order valence-electron chi connectivity index (χ0n) is 27.4.